The number of piperidine rings is 1. The molecule has 0 aliphatic carbocycles. The van der Waals surface area contributed by atoms with E-state index in [0.717, 1.165) is 74.7 Å². The lowest BCUT2D eigenvalue weighted by Gasteiger charge is -2.39. The van der Waals surface area contributed by atoms with Crippen LogP contribution in [0.2, 0.25) is 0 Å². The number of pyridine rings is 1. The van der Waals surface area contributed by atoms with Gasteiger partial charge in [-0.15, -0.1) is 0 Å². The topological polar surface area (TPSA) is 94.2 Å². The van der Waals surface area contributed by atoms with E-state index in [0.29, 0.717) is 13.1 Å². The van der Waals surface area contributed by atoms with E-state index in [1.54, 1.807) is 12.4 Å². The van der Waals surface area contributed by atoms with Crippen molar-refractivity contribution in [2.75, 3.05) is 49.1 Å². The Morgan fingerprint density at radius 1 is 1.02 bits per heavy atom. The summed E-state index contributed by atoms with van der Waals surface area (Å²) in [4.78, 5) is 28.9. The molecule has 3 fully saturated rings. The number of benzene rings is 1. The van der Waals surface area contributed by atoms with Crippen molar-refractivity contribution in [2.24, 2.45) is 0 Å². The predicted molar refractivity (Wildman–Crippen MR) is 164 cm³/mol. The molecule has 7 rings (SSSR count). The molecule has 1 aromatic carbocycles. The van der Waals surface area contributed by atoms with E-state index in [1.165, 1.54) is 5.56 Å². The van der Waals surface area contributed by atoms with Crippen molar-refractivity contribution in [3.05, 3.63) is 89.0 Å². The van der Waals surface area contributed by atoms with Crippen molar-refractivity contribution >= 4 is 17.0 Å². The number of hydrogen-bond acceptors (Lipinski definition) is 8. The zero-order chi connectivity index (χ0) is 28.9. The first kappa shape index (κ1) is 27.1. The van der Waals surface area contributed by atoms with Gasteiger partial charge in [0.1, 0.15) is 5.52 Å². The summed E-state index contributed by atoms with van der Waals surface area (Å²) in [7, 11) is 0. The quantitative estimate of drug-likeness (QED) is 0.367. The molecule has 0 saturated carbocycles. The molecule has 6 heterocycles. The third-order valence-electron chi connectivity index (χ3n) is 9.87. The summed E-state index contributed by atoms with van der Waals surface area (Å²) in [6, 6.07) is 14.6. The Balaban J connectivity index is 0.980. The Hall–Kier alpha value is -3.73. The smallest absolute Gasteiger partial charge is 0.252 e. The monoisotopic (exact) mass is 568 g/mol. The maximum Gasteiger partial charge on any atom is 0.252 e. The minimum Gasteiger partial charge on any atom is -0.370 e. The molecule has 0 radical (unpaired) electrons. The zero-order valence-corrected chi connectivity index (χ0v) is 24.5. The number of rotatable bonds is 6. The molecule has 3 aromatic heterocycles. The molecule has 4 aromatic rings. The average Bonchev–Trinajstić information content (AvgIpc) is 3.71. The van der Waals surface area contributed by atoms with Crippen LogP contribution in [0.4, 0.5) is 11.5 Å². The second-order valence-electron chi connectivity index (χ2n) is 12.6. The second kappa shape index (κ2) is 10.5. The minimum atomic E-state index is -0.719. The van der Waals surface area contributed by atoms with Crippen LogP contribution in [0.25, 0.3) is 5.52 Å². The van der Waals surface area contributed by atoms with Crippen molar-refractivity contribution in [3.63, 3.8) is 0 Å². The Labute approximate surface area is 246 Å². The van der Waals surface area contributed by atoms with Crippen molar-refractivity contribution in [1.82, 2.24) is 29.2 Å². The van der Waals surface area contributed by atoms with Gasteiger partial charge in [-0.25, -0.2) is 9.97 Å². The van der Waals surface area contributed by atoms with Gasteiger partial charge >= 0.3 is 0 Å². The molecular formula is C32H40N8O2. The van der Waals surface area contributed by atoms with Gasteiger partial charge in [-0.3, -0.25) is 15.0 Å². The van der Waals surface area contributed by atoms with Crippen LogP contribution in [0.15, 0.2) is 72.2 Å². The van der Waals surface area contributed by atoms with Crippen LogP contribution in [0.1, 0.15) is 37.4 Å². The van der Waals surface area contributed by atoms with Gasteiger partial charge in [-0.2, -0.15) is 0 Å². The number of aromatic nitrogens is 4. The van der Waals surface area contributed by atoms with Gasteiger partial charge in [0.05, 0.1) is 12.5 Å². The number of aliphatic hydroxyl groups is 1. The number of anilines is 2. The summed E-state index contributed by atoms with van der Waals surface area (Å²) < 4.78 is 3.84. The summed E-state index contributed by atoms with van der Waals surface area (Å²) in [5, 5.41) is 14.4. The SMILES string of the molecule is Cc1cc(N2CC[C@@](C)(c3ccccc3)C2)cc(=O)n1CCN1CC2(CCN(c3nccn4cncc34)CC2)NC1O. The van der Waals surface area contributed by atoms with E-state index >= 15 is 0 Å². The molecule has 1 unspecified atom stereocenters. The molecule has 0 bridgehead atoms. The van der Waals surface area contributed by atoms with Crippen LogP contribution in [0, 0.1) is 6.92 Å². The van der Waals surface area contributed by atoms with E-state index < -0.39 is 6.35 Å². The van der Waals surface area contributed by atoms with Gasteiger partial charge in [-0.1, -0.05) is 37.3 Å². The number of nitrogens with zero attached hydrogens (tertiary/aromatic N) is 7. The molecule has 10 heteroatoms. The number of hydrogen-bond donors (Lipinski definition) is 2. The summed E-state index contributed by atoms with van der Waals surface area (Å²) in [6.07, 6.45) is 9.54. The summed E-state index contributed by atoms with van der Waals surface area (Å²) in [5.41, 5.74) is 4.28. The highest BCUT2D eigenvalue weighted by atomic mass is 16.3. The molecule has 0 amide bonds. The van der Waals surface area contributed by atoms with Crippen LogP contribution in [-0.4, -0.2) is 80.1 Å². The van der Waals surface area contributed by atoms with Crippen molar-refractivity contribution in [3.8, 4) is 0 Å². The lowest BCUT2D eigenvalue weighted by molar-refractivity contribution is 0.0181. The van der Waals surface area contributed by atoms with Gasteiger partial charge in [0.2, 0.25) is 0 Å². The molecule has 42 heavy (non-hydrogen) atoms. The standard InChI is InChI=1S/C32H40N8O2/c1-24-18-26(37-12-8-31(2,21-37)25-6-4-3-5-7-25)19-28(41)40(24)17-16-38-22-32(35-30(38)42)9-13-36(14-10-32)29-27-20-33-23-39(27)15-11-34-29/h3-7,11,15,18-20,23,30,35,42H,8-10,12-14,16-17,21-22H2,1-2H3/t30?,31-/m1/s1. The Morgan fingerprint density at radius 2 is 1.81 bits per heavy atom. The predicted octanol–water partition coefficient (Wildman–Crippen LogP) is 2.59. The Kier molecular flexibility index (Phi) is 6.79. The fourth-order valence-electron chi connectivity index (χ4n) is 7.29. The molecule has 220 valence electrons. The van der Waals surface area contributed by atoms with Crippen molar-refractivity contribution in [2.45, 2.75) is 57.0 Å². The minimum absolute atomic E-state index is 0.0181. The number of aryl methyl sites for hydroxylation is 1. The van der Waals surface area contributed by atoms with E-state index in [-0.39, 0.29) is 16.5 Å². The van der Waals surface area contributed by atoms with Gasteiger partial charge in [0.25, 0.3) is 5.56 Å². The lowest BCUT2D eigenvalue weighted by atomic mass is 9.82. The van der Waals surface area contributed by atoms with Crippen LogP contribution in [-0.2, 0) is 12.0 Å². The molecule has 1 spiro atoms. The number of nitrogens with one attached hydrogen (secondary N) is 1. The molecular weight excluding hydrogens is 528 g/mol. The van der Waals surface area contributed by atoms with Crippen LogP contribution < -0.4 is 20.7 Å². The van der Waals surface area contributed by atoms with Gasteiger partial charge in [-0.05, 0) is 37.8 Å². The highest BCUT2D eigenvalue weighted by Crippen LogP contribution is 2.36. The highest BCUT2D eigenvalue weighted by Gasteiger charge is 2.44. The normalized spacial score (nSPS) is 24.3. The molecule has 2 atom stereocenters. The highest BCUT2D eigenvalue weighted by molar-refractivity contribution is 5.68. The van der Waals surface area contributed by atoms with E-state index in [2.05, 4.69) is 73.3 Å². The number of fused-ring (bicyclic) bond motifs is 1. The maximum atomic E-state index is 13.3. The first-order valence-corrected chi connectivity index (χ1v) is 15.1. The first-order chi connectivity index (χ1) is 20.3. The van der Waals surface area contributed by atoms with E-state index in [9.17, 15) is 9.90 Å². The molecule has 2 N–H and O–H groups in total. The number of imidazole rings is 1. The van der Waals surface area contributed by atoms with Crippen LogP contribution >= 0.6 is 0 Å². The zero-order valence-electron chi connectivity index (χ0n) is 24.5. The largest absolute Gasteiger partial charge is 0.370 e. The summed E-state index contributed by atoms with van der Waals surface area (Å²) >= 11 is 0. The fraction of sp³-hybridized carbons (Fsp3) is 0.469. The second-order valence-corrected chi connectivity index (χ2v) is 12.6. The number of aliphatic hydroxyl groups excluding tert-OH is 1. The molecule has 3 aliphatic heterocycles. The first-order valence-electron chi connectivity index (χ1n) is 15.1. The Morgan fingerprint density at radius 3 is 2.60 bits per heavy atom. The summed E-state index contributed by atoms with van der Waals surface area (Å²) in [6.45, 7) is 9.78. The van der Waals surface area contributed by atoms with Gasteiger partial charge in [0, 0.05) is 86.6 Å². The molecule has 3 aliphatic rings. The molecule has 10 nitrogen and oxygen atoms in total. The Bertz CT molecular complexity index is 1630. The fourth-order valence-corrected chi connectivity index (χ4v) is 7.29. The van der Waals surface area contributed by atoms with E-state index in [4.69, 9.17) is 0 Å². The van der Waals surface area contributed by atoms with Gasteiger partial charge < -0.3 is 23.9 Å². The van der Waals surface area contributed by atoms with Gasteiger partial charge in [0.15, 0.2) is 12.2 Å². The van der Waals surface area contributed by atoms with E-state index in [1.807, 2.05) is 34.5 Å². The third-order valence-corrected chi connectivity index (χ3v) is 9.87. The molecule has 3 saturated heterocycles. The van der Waals surface area contributed by atoms with Crippen LogP contribution in [0.3, 0.4) is 0 Å². The summed E-state index contributed by atoms with van der Waals surface area (Å²) in [5.74, 6) is 0.956. The lowest BCUT2D eigenvalue weighted by Crippen LogP contribution is -2.53. The van der Waals surface area contributed by atoms with Crippen molar-refractivity contribution in [1.29, 1.82) is 0 Å². The average molecular weight is 569 g/mol. The maximum absolute atomic E-state index is 13.3. The third kappa shape index (κ3) is 4.87. The van der Waals surface area contributed by atoms with Crippen LogP contribution in [0.5, 0.6) is 0 Å². The van der Waals surface area contributed by atoms with Crippen molar-refractivity contribution < 1.29 is 5.11 Å².